The van der Waals surface area contributed by atoms with E-state index in [1.165, 1.54) is 0 Å². The minimum Gasteiger partial charge on any atom is -0.373 e. The number of nitrogens with zero attached hydrogens (tertiary/aromatic N) is 4. The molecule has 1 aliphatic carbocycles. The number of amides is 2. The predicted octanol–water partition coefficient (Wildman–Crippen LogP) is 7.67. The molecule has 2 amide bonds. The highest BCUT2D eigenvalue weighted by Crippen LogP contribution is 2.46. The van der Waals surface area contributed by atoms with Crippen LogP contribution in [0.25, 0.3) is 22.4 Å². The number of nitrogens with one attached hydrogen (secondary N) is 1. The minimum atomic E-state index is -0.0509. The molecule has 2 aromatic heterocycles. The van der Waals surface area contributed by atoms with E-state index >= 15 is 0 Å². The van der Waals surface area contributed by atoms with E-state index in [2.05, 4.69) is 15.6 Å². The lowest BCUT2D eigenvalue weighted by molar-refractivity contribution is -0.0158. The quantitative estimate of drug-likeness (QED) is 0.238. The summed E-state index contributed by atoms with van der Waals surface area (Å²) in [7, 11) is 1.89. The largest absolute Gasteiger partial charge is 0.373 e. The highest BCUT2D eigenvalue weighted by atomic mass is 35.5. The Kier molecular flexibility index (Phi) is 7.01. The fourth-order valence-electron chi connectivity index (χ4n) is 6.38. The van der Waals surface area contributed by atoms with Crippen molar-refractivity contribution in [2.24, 2.45) is 7.05 Å². The maximum absolute atomic E-state index is 13.4. The van der Waals surface area contributed by atoms with Gasteiger partial charge in [-0.1, -0.05) is 46.6 Å². The first-order chi connectivity index (χ1) is 19.9. The van der Waals surface area contributed by atoms with E-state index in [1.807, 2.05) is 66.8 Å². The number of hydrogen-bond acceptors (Lipinski definition) is 5. The molecule has 8 nitrogen and oxygen atoms in total. The van der Waals surface area contributed by atoms with Gasteiger partial charge < -0.3 is 19.5 Å². The van der Waals surface area contributed by atoms with Crippen LogP contribution in [0.2, 0.25) is 10.0 Å². The zero-order chi connectivity index (χ0) is 28.1. The minimum absolute atomic E-state index is 0.0435. The number of aromatic nitrogens is 3. The number of rotatable bonds is 7. The molecule has 7 rings (SSSR count). The molecule has 4 heterocycles. The van der Waals surface area contributed by atoms with Crippen LogP contribution in [-0.2, 0) is 18.4 Å². The van der Waals surface area contributed by atoms with Crippen LogP contribution in [-0.4, -0.2) is 44.1 Å². The molecular weight excluding hydrogens is 561 g/mol. The van der Waals surface area contributed by atoms with Gasteiger partial charge in [0, 0.05) is 53.6 Å². The lowest BCUT2D eigenvalue weighted by Gasteiger charge is -2.38. The molecule has 2 atom stereocenters. The van der Waals surface area contributed by atoms with Gasteiger partial charge in [0.05, 0.1) is 29.0 Å². The van der Waals surface area contributed by atoms with Crippen LogP contribution in [0.15, 0.2) is 59.4 Å². The number of anilines is 1. The summed E-state index contributed by atoms with van der Waals surface area (Å²) in [6, 6.07) is 13.6. The first kappa shape index (κ1) is 26.6. The van der Waals surface area contributed by atoms with Crippen LogP contribution in [0.4, 0.5) is 10.5 Å². The summed E-state index contributed by atoms with van der Waals surface area (Å²) < 4.78 is 14.1. The van der Waals surface area contributed by atoms with Gasteiger partial charge in [0.25, 0.3) is 0 Å². The SMILES string of the molecule is Cn1cc(-c2cccc(NC(=O)N3C4CCC3CC(OCc3c(-c5c(Cl)cccc5Cl)noc3C3CC3)C4)c2)cn1. The zero-order valence-corrected chi connectivity index (χ0v) is 24.2. The smallest absolute Gasteiger partial charge is 0.322 e. The first-order valence-corrected chi connectivity index (χ1v) is 14.9. The standard InChI is InChI=1S/C31H31Cl2N5O3/c1-37-16-20(15-34-37)19-4-2-5-21(12-19)35-31(39)38-22-10-11-23(38)14-24(13-22)40-17-25-29(36-41-30(25)18-8-9-18)28-26(32)6-3-7-27(28)33/h2-7,12,15-16,18,22-24H,8-11,13-14,17H2,1H3,(H,35,39). The predicted molar refractivity (Wildman–Crippen MR) is 158 cm³/mol. The number of carbonyl (C=O) groups excluding carboxylic acids is 1. The zero-order valence-electron chi connectivity index (χ0n) is 22.7. The monoisotopic (exact) mass is 591 g/mol. The summed E-state index contributed by atoms with van der Waals surface area (Å²) in [4.78, 5) is 15.5. The van der Waals surface area contributed by atoms with Crippen LogP contribution in [0, 0.1) is 0 Å². The molecule has 2 saturated heterocycles. The molecule has 1 N–H and O–H groups in total. The Labute approximate surface area is 248 Å². The molecule has 0 radical (unpaired) electrons. The molecule has 3 aliphatic rings. The molecule has 212 valence electrons. The summed E-state index contributed by atoms with van der Waals surface area (Å²) in [5.41, 5.74) is 5.09. The molecule has 3 fully saturated rings. The molecule has 10 heteroatoms. The van der Waals surface area contributed by atoms with Crippen LogP contribution in [0.3, 0.4) is 0 Å². The average molecular weight is 593 g/mol. The summed E-state index contributed by atoms with van der Waals surface area (Å²) in [6.07, 6.45) is 9.56. The van der Waals surface area contributed by atoms with E-state index in [1.54, 1.807) is 4.68 Å². The van der Waals surface area contributed by atoms with Gasteiger partial charge in [-0.15, -0.1) is 0 Å². The van der Waals surface area contributed by atoms with Gasteiger partial charge in [0.15, 0.2) is 0 Å². The third-order valence-corrected chi connectivity index (χ3v) is 9.14. The van der Waals surface area contributed by atoms with Crippen molar-refractivity contribution in [1.29, 1.82) is 0 Å². The van der Waals surface area contributed by atoms with Crippen molar-refractivity contribution in [3.8, 4) is 22.4 Å². The number of urea groups is 1. The van der Waals surface area contributed by atoms with Crippen molar-refractivity contribution in [3.05, 3.63) is 76.2 Å². The number of carbonyl (C=O) groups is 1. The number of hydrogen-bond donors (Lipinski definition) is 1. The highest BCUT2D eigenvalue weighted by Gasteiger charge is 2.44. The van der Waals surface area contributed by atoms with Crippen molar-refractivity contribution in [1.82, 2.24) is 19.8 Å². The van der Waals surface area contributed by atoms with E-state index in [4.69, 9.17) is 32.5 Å². The second-order valence-electron chi connectivity index (χ2n) is 11.4. The van der Waals surface area contributed by atoms with Gasteiger partial charge >= 0.3 is 6.03 Å². The van der Waals surface area contributed by atoms with Gasteiger partial charge in [-0.2, -0.15) is 5.10 Å². The van der Waals surface area contributed by atoms with Crippen LogP contribution >= 0.6 is 23.2 Å². The normalized spacial score (nSPS) is 21.8. The lowest BCUT2D eigenvalue weighted by atomic mass is 9.99. The molecular formula is C31H31Cl2N5O3. The maximum Gasteiger partial charge on any atom is 0.322 e. The van der Waals surface area contributed by atoms with Crippen molar-refractivity contribution in [2.75, 3.05) is 5.32 Å². The van der Waals surface area contributed by atoms with Crippen molar-refractivity contribution >= 4 is 34.9 Å². The Hall–Kier alpha value is -3.33. The van der Waals surface area contributed by atoms with Crippen molar-refractivity contribution in [2.45, 2.75) is 69.2 Å². The summed E-state index contributed by atoms with van der Waals surface area (Å²) in [5.74, 6) is 1.25. The Morgan fingerprint density at radius 1 is 1.05 bits per heavy atom. The number of fused-ring (bicyclic) bond motifs is 2. The van der Waals surface area contributed by atoms with E-state index in [0.29, 0.717) is 33.8 Å². The third kappa shape index (κ3) is 5.25. The molecule has 2 unspecified atom stereocenters. The average Bonchev–Trinajstić information content (AvgIpc) is 3.47. The number of ether oxygens (including phenoxy) is 1. The van der Waals surface area contributed by atoms with E-state index in [9.17, 15) is 4.79 Å². The second-order valence-corrected chi connectivity index (χ2v) is 12.2. The van der Waals surface area contributed by atoms with E-state index in [0.717, 1.165) is 66.7 Å². The Bertz CT molecular complexity index is 1560. The summed E-state index contributed by atoms with van der Waals surface area (Å²) in [6.45, 7) is 0.379. The number of halogens is 2. The highest BCUT2D eigenvalue weighted by molar-refractivity contribution is 6.39. The number of piperidine rings is 1. The molecule has 0 spiro atoms. The first-order valence-electron chi connectivity index (χ1n) is 14.2. The molecule has 1 saturated carbocycles. The van der Waals surface area contributed by atoms with Crippen molar-refractivity contribution < 1.29 is 14.1 Å². The Balaban J connectivity index is 1.03. The maximum atomic E-state index is 13.4. The van der Waals surface area contributed by atoms with E-state index in [-0.39, 0.29) is 24.2 Å². The number of benzene rings is 2. The van der Waals surface area contributed by atoms with Gasteiger partial charge in [0.2, 0.25) is 0 Å². The summed E-state index contributed by atoms with van der Waals surface area (Å²) in [5, 5.41) is 12.9. The molecule has 2 bridgehead atoms. The van der Waals surface area contributed by atoms with Gasteiger partial charge in [-0.3, -0.25) is 4.68 Å². The van der Waals surface area contributed by atoms with Gasteiger partial charge in [-0.05, 0) is 68.4 Å². The van der Waals surface area contributed by atoms with Crippen LogP contribution in [0.5, 0.6) is 0 Å². The topological polar surface area (TPSA) is 85.4 Å². The van der Waals surface area contributed by atoms with Crippen LogP contribution in [0.1, 0.15) is 55.8 Å². The molecule has 4 aromatic rings. The Morgan fingerprint density at radius 2 is 1.78 bits per heavy atom. The van der Waals surface area contributed by atoms with Crippen LogP contribution < -0.4 is 5.32 Å². The fourth-order valence-corrected chi connectivity index (χ4v) is 6.96. The van der Waals surface area contributed by atoms with Crippen molar-refractivity contribution in [3.63, 3.8) is 0 Å². The van der Waals surface area contributed by atoms with Gasteiger partial charge in [0.1, 0.15) is 11.5 Å². The Morgan fingerprint density at radius 3 is 2.46 bits per heavy atom. The molecule has 2 aromatic carbocycles. The fraction of sp³-hybridized carbons (Fsp3) is 0.387. The lowest BCUT2D eigenvalue weighted by Crippen LogP contribution is -2.50. The molecule has 41 heavy (non-hydrogen) atoms. The third-order valence-electron chi connectivity index (χ3n) is 8.51. The second kappa shape index (κ2) is 10.8. The van der Waals surface area contributed by atoms with Gasteiger partial charge in [-0.25, -0.2) is 4.79 Å². The molecule has 2 aliphatic heterocycles. The summed E-state index contributed by atoms with van der Waals surface area (Å²) >= 11 is 13.1. The number of aryl methyl sites for hydroxylation is 1. The van der Waals surface area contributed by atoms with E-state index < -0.39 is 0 Å².